The van der Waals surface area contributed by atoms with Crippen molar-refractivity contribution < 1.29 is 14.3 Å². The van der Waals surface area contributed by atoms with Gasteiger partial charge in [0, 0.05) is 23.9 Å². The normalized spacial score (nSPS) is 20.0. The molecule has 2 amide bonds. The summed E-state index contributed by atoms with van der Waals surface area (Å²) in [4.78, 5) is 29.1. The predicted octanol–water partition coefficient (Wildman–Crippen LogP) is 3.37. The molecular weight excluding hydrogens is 386 g/mol. The fourth-order valence-corrected chi connectivity index (χ4v) is 4.20. The Morgan fingerprint density at radius 3 is 2.48 bits per heavy atom. The summed E-state index contributed by atoms with van der Waals surface area (Å²) in [5, 5.41) is 3.26. The van der Waals surface area contributed by atoms with Gasteiger partial charge in [0.2, 0.25) is 5.91 Å². The number of hydrogen-bond donors (Lipinski definition) is 1. The Labute approximate surface area is 170 Å². The number of nitrogens with zero attached hydrogens (tertiary/aromatic N) is 2. The molecule has 0 spiro atoms. The van der Waals surface area contributed by atoms with Crippen LogP contribution in [-0.4, -0.2) is 66.4 Å². The average Bonchev–Trinajstić information content (AvgIpc) is 2.98. The summed E-state index contributed by atoms with van der Waals surface area (Å²) in [6, 6.07) is 6.75. The standard InChI is InChI=1S/C19H28ClN3O3S/c1-19(2,3)26-18(25)23-15(16(24)21-10-11-22(4)5)12-27-17(23)13-6-8-14(20)9-7-13/h6-9,15,17H,10-12H2,1-5H3,(H,21,24)/t15-,17+/m1/s1. The van der Waals surface area contributed by atoms with Crippen LogP contribution in [0.4, 0.5) is 4.79 Å². The van der Waals surface area contributed by atoms with E-state index in [-0.39, 0.29) is 11.3 Å². The third-order valence-corrected chi connectivity index (χ3v) is 5.50. The molecule has 6 nitrogen and oxygen atoms in total. The Morgan fingerprint density at radius 1 is 1.30 bits per heavy atom. The summed E-state index contributed by atoms with van der Waals surface area (Å²) in [6.07, 6.45) is -0.486. The van der Waals surface area contributed by atoms with E-state index in [4.69, 9.17) is 16.3 Å². The van der Waals surface area contributed by atoms with E-state index in [2.05, 4.69) is 5.32 Å². The number of rotatable bonds is 5. The minimum Gasteiger partial charge on any atom is -0.444 e. The maximum Gasteiger partial charge on any atom is 0.412 e. The van der Waals surface area contributed by atoms with Crippen LogP contribution in [0.3, 0.4) is 0 Å². The zero-order valence-electron chi connectivity index (χ0n) is 16.5. The molecule has 0 aromatic heterocycles. The summed E-state index contributed by atoms with van der Waals surface area (Å²) in [6.45, 7) is 6.71. The number of carbonyl (C=O) groups excluding carboxylic acids is 2. The molecule has 8 heteroatoms. The molecule has 1 aromatic carbocycles. The van der Waals surface area contributed by atoms with E-state index < -0.39 is 17.7 Å². The number of thioether (sulfide) groups is 1. The van der Waals surface area contributed by atoms with E-state index in [0.29, 0.717) is 17.3 Å². The molecule has 1 aromatic rings. The lowest BCUT2D eigenvalue weighted by Gasteiger charge is -2.31. The van der Waals surface area contributed by atoms with Gasteiger partial charge >= 0.3 is 6.09 Å². The van der Waals surface area contributed by atoms with Crippen LogP contribution >= 0.6 is 23.4 Å². The molecular formula is C19H28ClN3O3S. The van der Waals surface area contributed by atoms with Gasteiger partial charge in [-0.3, -0.25) is 9.69 Å². The van der Waals surface area contributed by atoms with E-state index in [1.807, 2.05) is 51.9 Å². The molecule has 2 atom stereocenters. The predicted molar refractivity (Wildman–Crippen MR) is 110 cm³/mol. The molecule has 1 fully saturated rings. The number of amides is 2. The van der Waals surface area contributed by atoms with Crippen LogP contribution in [0.2, 0.25) is 5.02 Å². The van der Waals surface area contributed by atoms with E-state index in [1.165, 1.54) is 0 Å². The first kappa shape index (κ1) is 21.9. The van der Waals surface area contributed by atoms with Gasteiger partial charge in [-0.25, -0.2) is 4.79 Å². The molecule has 1 aliphatic heterocycles. The maximum atomic E-state index is 12.9. The van der Waals surface area contributed by atoms with Crippen LogP contribution in [0.1, 0.15) is 31.7 Å². The molecule has 0 bridgehead atoms. The first-order chi connectivity index (χ1) is 12.6. The monoisotopic (exact) mass is 413 g/mol. The van der Waals surface area contributed by atoms with Gasteiger partial charge in [0.05, 0.1) is 0 Å². The number of likely N-dealkylation sites (N-methyl/N-ethyl adjacent to an activating group) is 1. The van der Waals surface area contributed by atoms with E-state index in [9.17, 15) is 9.59 Å². The van der Waals surface area contributed by atoms with Crippen molar-refractivity contribution in [3.05, 3.63) is 34.9 Å². The summed E-state index contributed by atoms with van der Waals surface area (Å²) in [7, 11) is 3.89. The Hall–Kier alpha value is -1.44. The lowest BCUT2D eigenvalue weighted by molar-refractivity contribution is -0.125. The van der Waals surface area contributed by atoms with Crippen molar-refractivity contribution in [3.8, 4) is 0 Å². The van der Waals surface area contributed by atoms with Crippen LogP contribution in [0, 0.1) is 0 Å². The van der Waals surface area contributed by atoms with Crippen molar-refractivity contribution in [3.63, 3.8) is 0 Å². The Kier molecular flexibility index (Phi) is 7.42. The van der Waals surface area contributed by atoms with Crippen LogP contribution < -0.4 is 5.32 Å². The molecule has 0 unspecified atom stereocenters. The highest BCUT2D eigenvalue weighted by Gasteiger charge is 2.44. The number of ether oxygens (including phenoxy) is 1. The second kappa shape index (κ2) is 9.17. The van der Waals surface area contributed by atoms with Crippen molar-refractivity contribution in [2.75, 3.05) is 32.9 Å². The summed E-state index contributed by atoms with van der Waals surface area (Å²) in [5.74, 6) is 0.354. The third-order valence-electron chi connectivity index (χ3n) is 3.92. The first-order valence-corrected chi connectivity index (χ1v) is 10.3. The fourth-order valence-electron chi connectivity index (χ4n) is 2.65. The van der Waals surface area contributed by atoms with Crippen molar-refractivity contribution in [1.29, 1.82) is 0 Å². The Bertz CT molecular complexity index is 661. The minimum atomic E-state index is -0.638. The molecule has 1 heterocycles. The van der Waals surface area contributed by atoms with Gasteiger partial charge in [-0.05, 0) is 52.6 Å². The molecule has 1 aliphatic rings. The molecule has 0 saturated carbocycles. The number of hydrogen-bond acceptors (Lipinski definition) is 5. The van der Waals surface area contributed by atoms with Crippen LogP contribution in [0.15, 0.2) is 24.3 Å². The highest BCUT2D eigenvalue weighted by atomic mass is 35.5. The highest BCUT2D eigenvalue weighted by Crippen LogP contribution is 2.42. The third kappa shape index (κ3) is 6.30. The topological polar surface area (TPSA) is 61.9 Å². The number of carbonyl (C=O) groups is 2. The molecule has 1 saturated heterocycles. The minimum absolute atomic E-state index is 0.160. The first-order valence-electron chi connectivity index (χ1n) is 8.89. The van der Waals surface area contributed by atoms with E-state index in [1.54, 1.807) is 28.8 Å². The molecule has 0 aliphatic carbocycles. The zero-order valence-corrected chi connectivity index (χ0v) is 18.1. The van der Waals surface area contributed by atoms with Gasteiger partial charge in [-0.1, -0.05) is 23.7 Å². The smallest absolute Gasteiger partial charge is 0.412 e. The van der Waals surface area contributed by atoms with Gasteiger partial charge in [-0.15, -0.1) is 11.8 Å². The summed E-state index contributed by atoms with van der Waals surface area (Å²) in [5.41, 5.74) is 0.278. The highest BCUT2D eigenvalue weighted by molar-refractivity contribution is 7.99. The van der Waals surface area contributed by atoms with Gasteiger partial charge in [0.25, 0.3) is 0 Å². The van der Waals surface area contributed by atoms with E-state index in [0.717, 1.165) is 12.1 Å². The summed E-state index contributed by atoms with van der Waals surface area (Å²) < 4.78 is 5.58. The van der Waals surface area contributed by atoms with Gasteiger partial charge in [0.15, 0.2) is 0 Å². The molecule has 2 rings (SSSR count). The Morgan fingerprint density at radius 2 is 1.93 bits per heavy atom. The number of halogens is 1. The zero-order chi connectivity index (χ0) is 20.2. The second-order valence-electron chi connectivity index (χ2n) is 7.73. The van der Waals surface area contributed by atoms with Crippen LogP contribution in [-0.2, 0) is 9.53 Å². The fraction of sp³-hybridized carbons (Fsp3) is 0.579. The molecule has 27 heavy (non-hydrogen) atoms. The number of nitrogens with one attached hydrogen (secondary N) is 1. The maximum absolute atomic E-state index is 12.9. The van der Waals surface area contributed by atoms with Gasteiger partial charge < -0.3 is 15.0 Å². The number of benzene rings is 1. The Balaban J connectivity index is 2.21. The quantitative estimate of drug-likeness (QED) is 0.801. The van der Waals surface area contributed by atoms with Gasteiger partial charge in [-0.2, -0.15) is 0 Å². The van der Waals surface area contributed by atoms with E-state index >= 15 is 0 Å². The van der Waals surface area contributed by atoms with Crippen molar-refractivity contribution in [1.82, 2.24) is 15.1 Å². The van der Waals surface area contributed by atoms with Gasteiger partial charge in [0.1, 0.15) is 17.0 Å². The van der Waals surface area contributed by atoms with Crippen LogP contribution in [0.5, 0.6) is 0 Å². The SMILES string of the molecule is CN(C)CCNC(=O)[C@H]1CS[C@@H](c2ccc(Cl)cc2)N1C(=O)OC(C)(C)C. The van der Waals surface area contributed by atoms with Crippen molar-refractivity contribution in [2.24, 2.45) is 0 Å². The summed E-state index contributed by atoms with van der Waals surface area (Å²) >= 11 is 7.54. The lowest BCUT2D eigenvalue weighted by atomic mass is 10.1. The van der Waals surface area contributed by atoms with Crippen molar-refractivity contribution >= 4 is 35.4 Å². The lowest BCUT2D eigenvalue weighted by Crippen LogP contribution is -2.50. The average molecular weight is 414 g/mol. The second-order valence-corrected chi connectivity index (χ2v) is 9.28. The largest absolute Gasteiger partial charge is 0.444 e. The van der Waals surface area contributed by atoms with Crippen LogP contribution in [0.25, 0.3) is 0 Å². The molecule has 150 valence electrons. The molecule has 1 N–H and O–H groups in total. The molecule has 0 radical (unpaired) electrons. The van der Waals surface area contributed by atoms with Crippen molar-refractivity contribution in [2.45, 2.75) is 37.8 Å².